The maximum Gasteiger partial charge on any atom is 0.367 e. The van der Waals surface area contributed by atoms with Crippen LogP contribution in [0.25, 0.3) is 9.88 Å². The predicted molar refractivity (Wildman–Crippen MR) is 59.3 cm³/mol. The summed E-state index contributed by atoms with van der Waals surface area (Å²) in [6.07, 6.45) is 1.73. The molecular formula is C9H8N2O2S2. The number of carbonyl (C=O) groups is 1. The largest absolute Gasteiger partial charge is 0.464 e. The fourth-order valence-electron chi connectivity index (χ4n) is 1.11. The quantitative estimate of drug-likeness (QED) is 0.756. The molecule has 2 aromatic heterocycles. The number of esters is 1. The number of ether oxygens (including phenoxy) is 1. The van der Waals surface area contributed by atoms with Crippen LogP contribution in [0.3, 0.4) is 0 Å². The van der Waals surface area contributed by atoms with Crippen molar-refractivity contribution in [1.82, 2.24) is 9.97 Å². The number of methoxy groups -OCH3 is 1. The van der Waals surface area contributed by atoms with Crippen LogP contribution in [-0.2, 0) is 4.74 Å². The SMILES string of the molecule is COC(=O)c1nc(C)c(-c2nccs2)s1. The highest BCUT2D eigenvalue weighted by molar-refractivity contribution is 7.21. The molecule has 0 amide bonds. The van der Waals surface area contributed by atoms with Gasteiger partial charge in [-0.1, -0.05) is 0 Å². The lowest BCUT2D eigenvalue weighted by Gasteiger charge is -1.90. The first kappa shape index (κ1) is 10.3. The second kappa shape index (κ2) is 4.08. The van der Waals surface area contributed by atoms with Crippen molar-refractivity contribution in [3.63, 3.8) is 0 Å². The smallest absolute Gasteiger partial charge is 0.367 e. The first-order chi connectivity index (χ1) is 7.22. The van der Waals surface area contributed by atoms with Crippen LogP contribution in [0.15, 0.2) is 11.6 Å². The minimum absolute atomic E-state index is 0.375. The first-order valence-electron chi connectivity index (χ1n) is 4.18. The molecule has 0 unspecified atom stereocenters. The Morgan fingerprint density at radius 2 is 2.33 bits per heavy atom. The van der Waals surface area contributed by atoms with Crippen LogP contribution in [0.2, 0.25) is 0 Å². The number of rotatable bonds is 2. The highest BCUT2D eigenvalue weighted by atomic mass is 32.1. The summed E-state index contributed by atoms with van der Waals surface area (Å²) in [5.41, 5.74) is 0.815. The van der Waals surface area contributed by atoms with Gasteiger partial charge in [0.05, 0.1) is 17.7 Å². The number of aromatic nitrogens is 2. The van der Waals surface area contributed by atoms with Gasteiger partial charge in [0.2, 0.25) is 5.01 Å². The Labute approximate surface area is 94.6 Å². The van der Waals surface area contributed by atoms with Crippen LogP contribution < -0.4 is 0 Å². The van der Waals surface area contributed by atoms with Gasteiger partial charge in [0.15, 0.2) is 0 Å². The van der Waals surface area contributed by atoms with Crippen LogP contribution in [-0.4, -0.2) is 23.0 Å². The minimum atomic E-state index is -0.397. The molecular weight excluding hydrogens is 232 g/mol. The van der Waals surface area contributed by atoms with Crippen molar-refractivity contribution in [2.24, 2.45) is 0 Å². The molecule has 0 aromatic carbocycles. The summed E-state index contributed by atoms with van der Waals surface area (Å²) in [6.45, 7) is 1.86. The van der Waals surface area contributed by atoms with E-state index in [-0.39, 0.29) is 0 Å². The summed E-state index contributed by atoms with van der Waals surface area (Å²) in [6, 6.07) is 0. The van der Waals surface area contributed by atoms with E-state index in [0.717, 1.165) is 15.6 Å². The van der Waals surface area contributed by atoms with Gasteiger partial charge in [-0.3, -0.25) is 0 Å². The van der Waals surface area contributed by atoms with Crippen molar-refractivity contribution in [3.05, 3.63) is 22.3 Å². The van der Waals surface area contributed by atoms with Crippen molar-refractivity contribution in [3.8, 4) is 9.88 Å². The van der Waals surface area contributed by atoms with E-state index < -0.39 is 5.97 Å². The Morgan fingerprint density at radius 1 is 1.53 bits per heavy atom. The Bertz CT molecular complexity index is 476. The molecule has 4 nitrogen and oxygen atoms in total. The van der Waals surface area contributed by atoms with E-state index >= 15 is 0 Å². The summed E-state index contributed by atoms with van der Waals surface area (Å²) < 4.78 is 4.61. The minimum Gasteiger partial charge on any atom is -0.464 e. The average Bonchev–Trinajstić information content (AvgIpc) is 2.84. The van der Waals surface area contributed by atoms with E-state index in [1.807, 2.05) is 12.3 Å². The third-order valence-corrected chi connectivity index (χ3v) is 3.85. The molecule has 0 saturated carbocycles. The number of hydrogen-bond donors (Lipinski definition) is 0. The van der Waals surface area contributed by atoms with Gasteiger partial charge >= 0.3 is 5.97 Å². The lowest BCUT2D eigenvalue weighted by molar-refractivity contribution is 0.0600. The number of nitrogens with zero attached hydrogens (tertiary/aromatic N) is 2. The number of hydrogen-bond acceptors (Lipinski definition) is 6. The van der Waals surface area contributed by atoms with E-state index in [1.54, 1.807) is 6.20 Å². The molecule has 0 bridgehead atoms. The number of aryl methyl sites for hydroxylation is 1. The van der Waals surface area contributed by atoms with E-state index in [4.69, 9.17) is 0 Å². The summed E-state index contributed by atoms with van der Waals surface area (Å²) in [5.74, 6) is -0.397. The molecule has 6 heteroatoms. The van der Waals surface area contributed by atoms with Crippen LogP contribution in [0.4, 0.5) is 0 Å². The molecule has 15 heavy (non-hydrogen) atoms. The third kappa shape index (κ3) is 1.91. The molecule has 0 radical (unpaired) electrons. The molecule has 0 atom stereocenters. The third-order valence-electron chi connectivity index (χ3n) is 1.78. The van der Waals surface area contributed by atoms with Gasteiger partial charge in [-0.15, -0.1) is 22.7 Å². The molecule has 0 fully saturated rings. The maximum absolute atomic E-state index is 11.3. The zero-order chi connectivity index (χ0) is 10.8. The normalized spacial score (nSPS) is 10.3. The van der Waals surface area contributed by atoms with Crippen molar-refractivity contribution >= 4 is 28.6 Å². The van der Waals surface area contributed by atoms with Crippen molar-refractivity contribution < 1.29 is 9.53 Å². The van der Waals surface area contributed by atoms with E-state index in [2.05, 4.69) is 14.7 Å². The van der Waals surface area contributed by atoms with Crippen LogP contribution in [0.5, 0.6) is 0 Å². The van der Waals surface area contributed by atoms with Gasteiger partial charge in [0, 0.05) is 11.6 Å². The zero-order valence-corrected chi connectivity index (χ0v) is 9.82. The molecule has 0 aliphatic rings. The first-order valence-corrected chi connectivity index (χ1v) is 5.87. The zero-order valence-electron chi connectivity index (χ0n) is 8.18. The van der Waals surface area contributed by atoms with Gasteiger partial charge in [-0.05, 0) is 6.92 Å². The Morgan fingerprint density at radius 3 is 2.93 bits per heavy atom. The molecule has 2 rings (SSSR count). The van der Waals surface area contributed by atoms with Crippen LogP contribution >= 0.6 is 22.7 Å². The molecule has 0 aliphatic carbocycles. The summed E-state index contributed by atoms with van der Waals surface area (Å²) in [4.78, 5) is 20.5. The standard InChI is InChI=1S/C9H8N2O2S2/c1-5-6(7-10-3-4-14-7)15-8(11-5)9(12)13-2/h3-4H,1-2H3. The number of thiazole rings is 2. The fraction of sp³-hybridized carbons (Fsp3) is 0.222. The van der Waals surface area contributed by atoms with Crippen LogP contribution in [0.1, 0.15) is 15.5 Å². The van der Waals surface area contributed by atoms with E-state index in [9.17, 15) is 4.79 Å². The summed E-state index contributed by atoms with van der Waals surface area (Å²) in [7, 11) is 1.35. The highest BCUT2D eigenvalue weighted by Crippen LogP contribution is 2.31. The van der Waals surface area contributed by atoms with Gasteiger partial charge in [0.1, 0.15) is 5.01 Å². The van der Waals surface area contributed by atoms with Crippen molar-refractivity contribution in [2.75, 3.05) is 7.11 Å². The molecule has 0 saturated heterocycles. The Hall–Kier alpha value is -1.27. The van der Waals surface area contributed by atoms with Crippen LogP contribution in [0, 0.1) is 6.92 Å². The molecule has 78 valence electrons. The molecule has 0 aliphatic heterocycles. The topological polar surface area (TPSA) is 52.1 Å². The predicted octanol–water partition coefficient (Wildman–Crippen LogP) is 2.36. The van der Waals surface area contributed by atoms with E-state index in [1.165, 1.54) is 29.8 Å². The van der Waals surface area contributed by atoms with Crippen molar-refractivity contribution in [1.29, 1.82) is 0 Å². The van der Waals surface area contributed by atoms with Gasteiger partial charge < -0.3 is 4.74 Å². The molecule has 0 spiro atoms. The monoisotopic (exact) mass is 240 g/mol. The Kier molecular flexibility index (Phi) is 2.79. The van der Waals surface area contributed by atoms with Gasteiger partial charge in [0.25, 0.3) is 0 Å². The van der Waals surface area contributed by atoms with Crippen molar-refractivity contribution in [2.45, 2.75) is 6.92 Å². The Balaban J connectivity index is 2.42. The maximum atomic E-state index is 11.3. The average molecular weight is 240 g/mol. The lowest BCUT2D eigenvalue weighted by atomic mass is 10.4. The lowest BCUT2D eigenvalue weighted by Crippen LogP contribution is -1.99. The molecule has 0 N–H and O–H groups in total. The molecule has 2 aromatic rings. The second-order valence-corrected chi connectivity index (χ2v) is 4.66. The highest BCUT2D eigenvalue weighted by Gasteiger charge is 2.16. The van der Waals surface area contributed by atoms with E-state index in [0.29, 0.717) is 5.01 Å². The van der Waals surface area contributed by atoms with Gasteiger partial charge in [-0.2, -0.15) is 0 Å². The van der Waals surface area contributed by atoms with Gasteiger partial charge in [-0.25, -0.2) is 14.8 Å². The fourth-order valence-corrected chi connectivity index (χ4v) is 2.88. The summed E-state index contributed by atoms with van der Waals surface area (Å²) >= 11 is 2.84. The summed E-state index contributed by atoms with van der Waals surface area (Å²) in [5, 5.41) is 3.16. The number of carbonyl (C=O) groups excluding carboxylic acids is 1. The molecule has 2 heterocycles. The second-order valence-electron chi connectivity index (χ2n) is 2.76.